The lowest BCUT2D eigenvalue weighted by Crippen LogP contribution is -2.31. The minimum atomic E-state index is 0.0421. The van der Waals surface area contributed by atoms with Crippen LogP contribution in [0.15, 0.2) is 41.6 Å². The molecule has 0 aliphatic carbocycles. The van der Waals surface area contributed by atoms with E-state index in [1.807, 2.05) is 41.5 Å². The van der Waals surface area contributed by atoms with Crippen molar-refractivity contribution in [3.63, 3.8) is 0 Å². The van der Waals surface area contributed by atoms with Crippen LogP contribution in [-0.2, 0) is 11.3 Å². The predicted molar refractivity (Wildman–Crippen MR) is 127 cm³/mol. The number of amides is 1. The topological polar surface area (TPSA) is 69.5 Å². The quantitative estimate of drug-likeness (QED) is 0.448. The lowest BCUT2D eigenvalue weighted by Gasteiger charge is -2.21. The fourth-order valence-corrected chi connectivity index (χ4v) is 4.36. The minimum Gasteiger partial charge on any atom is -0.493 e. The van der Waals surface area contributed by atoms with Gasteiger partial charge in [0, 0.05) is 13.1 Å². The Kier molecular flexibility index (Phi) is 7.80. The van der Waals surface area contributed by atoms with Crippen molar-refractivity contribution in [2.75, 3.05) is 26.5 Å². The van der Waals surface area contributed by atoms with Crippen LogP contribution in [0, 0.1) is 20.8 Å². The Hall–Kier alpha value is -3.00. The number of methoxy groups -OCH3 is 2. The van der Waals surface area contributed by atoms with Gasteiger partial charge >= 0.3 is 0 Å². The van der Waals surface area contributed by atoms with Gasteiger partial charge in [-0.3, -0.25) is 9.36 Å². The highest BCUT2D eigenvalue weighted by atomic mass is 32.2. The Bertz CT molecular complexity index is 1100. The van der Waals surface area contributed by atoms with Gasteiger partial charge in [-0.2, -0.15) is 0 Å². The van der Waals surface area contributed by atoms with Crippen molar-refractivity contribution in [2.45, 2.75) is 39.4 Å². The molecule has 8 heteroatoms. The first-order valence-electron chi connectivity index (χ1n) is 10.5. The number of thioether (sulfide) groups is 1. The molecular formula is C24H30N4O3S. The van der Waals surface area contributed by atoms with Gasteiger partial charge in [-0.1, -0.05) is 30.0 Å². The van der Waals surface area contributed by atoms with Crippen molar-refractivity contribution in [3.05, 3.63) is 58.9 Å². The van der Waals surface area contributed by atoms with Crippen LogP contribution >= 0.6 is 11.8 Å². The van der Waals surface area contributed by atoms with Crippen molar-refractivity contribution < 1.29 is 14.3 Å². The highest BCUT2D eigenvalue weighted by Gasteiger charge is 2.18. The molecule has 0 aliphatic heterocycles. The minimum absolute atomic E-state index is 0.0421. The Morgan fingerprint density at radius 3 is 2.47 bits per heavy atom. The van der Waals surface area contributed by atoms with Crippen LogP contribution in [0.25, 0.3) is 5.69 Å². The summed E-state index contributed by atoms with van der Waals surface area (Å²) in [6.07, 6.45) is 0. The number of nitrogens with zero attached hydrogens (tertiary/aromatic N) is 4. The molecule has 2 aromatic carbocycles. The van der Waals surface area contributed by atoms with Gasteiger partial charge in [0.15, 0.2) is 16.7 Å². The van der Waals surface area contributed by atoms with Crippen LogP contribution in [0.2, 0.25) is 0 Å². The predicted octanol–water partition coefficient (Wildman–Crippen LogP) is 4.35. The maximum absolute atomic E-state index is 13.0. The molecule has 0 radical (unpaired) electrons. The van der Waals surface area contributed by atoms with E-state index < -0.39 is 0 Å². The molecule has 0 saturated heterocycles. The summed E-state index contributed by atoms with van der Waals surface area (Å²) in [7, 11) is 3.21. The van der Waals surface area contributed by atoms with Crippen LogP contribution in [0.4, 0.5) is 0 Å². The molecule has 0 bridgehead atoms. The van der Waals surface area contributed by atoms with Crippen LogP contribution in [0.1, 0.15) is 29.4 Å². The number of benzene rings is 2. The number of carbonyl (C=O) groups is 1. The first-order chi connectivity index (χ1) is 15.4. The van der Waals surface area contributed by atoms with Crippen LogP contribution in [-0.4, -0.2) is 52.1 Å². The zero-order valence-electron chi connectivity index (χ0n) is 19.5. The summed E-state index contributed by atoms with van der Waals surface area (Å²) in [5.41, 5.74) is 4.32. The number of rotatable bonds is 9. The second kappa shape index (κ2) is 10.5. The standard InChI is InChI=1S/C24H30N4O3S/c1-7-27(14-19-10-11-21(30-5)22(13-19)31-6)23(29)15-32-24-26-25-18(4)28(24)20-12-16(2)8-9-17(20)3/h8-13H,7,14-15H2,1-6H3. The van der Waals surface area contributed by atoms with Crippen molar-refractivity contribution in [2.24, 2.45) is 0 Å². The summed E-state index contributed by atoms with van der Waals surface area (Å²) in [5, 5.41) is 9.29. The molecule has 0 saturated carbocycles. The third-order valence-corrected chi connectivity index (χ3v) is 6.19. The molecule has 0 aliphatic rings. The Morgan fingerprint density at radius 1 is 1.03 bits per heavy atom. The summed E-state index contributed by atoms with van der Waals surface area (Å²) in [4.78, 5) is 14.8. The largest absolute Gasteiger partial charge is 0.493 e. The Labute approximate surface area is 193 Å². The number of hydrogen-bond donors (Lipinski definition) is 0. The maximum Gasteiger partial charge on any atom is 0.233 e. The van der Waals surface area contributed by atoms with Gasteiger partial charge in [0.05, 0.1) is 25.7 Å². The third-order valence-electron chi connectivity index (χ3n) is 5.28. The van der Waals surface area contributed by atoms with E-state index in [1.54, 1.807) is 14.2 Å². The van der Waals surface area contributed by atoms with E-state index in [1.165, 1.54) is 11.8 Å². The molecule has 3 rings (SSSR count). The van der Waals surface area contributed by atoms with E-state index in [4.69, 9.17) is 9.47 Å². The smallest absolute Gasteiger partial charge is 0.233 e. The van der Waals surface area contributed by atoms with Gasteiger partial charge in [-0.05, 0) is 62.6 Å². The summed E-state index contributed by atoms with van der Waals surface area (Å²) < 4.78 is 12.7. The molecule has 1 aromatic heterocycles. The van der Waals surface area contributed by atoms with Crippen molar-refractivity contribution in [1.82, 2.24) is 19.7 Å². The molecule has 3 aromatic rings. The normalized spacial score (nSPS) is 10.8. The fourth-order valence-electron chi connectivity index (χ4n) is 3.47. The third kappa shape index (κ3) is 5.24. The van der Waals surface area contributed by atoms with Gasteiger partial charge in [0.2, 0.25) is 5.91 Å². The SMILES string of the molecule is CCN(Cc1ccc(OC)c(OC)c1)C(=O)CSc1nnc(C)n1-c1cc(C)ccc1C. The Morgan fingerprint density at radius 2 is 1.78 bits per heavy atom. The molecule has 1 heterocycles. The average molecular weight is 455 g/mol. The van der Waals surface area contributed by atoms with Crippen LogP contribution in [0.3, 0.4) is 0 Å². The van der Waals surface area contributed by atoms with Crippen LogP contribution < -0.4 is 9.47 Å². The summed E-state index contributed by atoms with van der Waals surface area (Å²) in [5.74, 6) is 2.44. The molecule has 0 fully saturated rings. The van der Waals surface area contributed by atoms with Gasteiger partial charge in [0.25, 0.3) is 0 Å². The van der Waals surface area contributed by atoms with E-state index in [0.717, 1.165) is 28.2 Å². The van der Waals surface area contributed by atoms with E-state index >= 15 is 0 Å². The van der Waals surface area contributed by atoms with Crippen molar-refractivity contribution in [3.8, 4) is 17.2 Å². The molecular weight excluding hydrogens is 424 g/mol. The molecule has 0 atom stereocenters. The molecule has 0 unspecified atom stereocenters. The van der Waals surface area contributed by atoms with E-state index in [2.05, 4.69) is 42.2 Å². The van der Waals surface area contributed by atoms with E-state index in [-0.39, 0.29) is 11.7 Å². The molecule has 170 valence electrons. The monoisotopic (exact) mass is 454 g/mol. The number of aryl methyl sites for hydroxylation is 3. The van der Waals surface area contributed by atoms with Gasteiger partial charge in [0.1, 0.15) is 5.82 Å². The molecule has 7 nitrogen and oxygen atoms in total. The zero-order valence-corrected chi connectivity index (χ0v) is 20.3. The maximum atomic E-state index is 13.0. The zero-order chi connectivity index (χ0) is 23.3. The summed E-state index contributed by atoms with van der Waals surface area (Å²) in [6, 6.07) is 12.0. The highest BCUT2D eigenvalue weighted by Crippen LogP contribution is 2.29. The average Bonchev–Trinajstić information content (AvgIpc) is 3.17. The Balaban J connectivity index is 1.73. The number of hydrogen-bond acceptors (Lipinski definition) is 6. The van der Waals surface area contributed by atoms with Crippen molar-refractivity contribution in [1.29, 1.82) is 0 Å². The number of aromatic nitrogens is 3. The molecule has 0 N–H and O–H groups in total. The van der Waals surface area contributed by atoms with Crippen LogP contribution in [0.5, 0.6) is 11.5 Å². The van der Waals surface area contributed by atoms with Gasteiger partial charge in [-0.25, -0.2) is 0 Å². The highest BCUT2D eigenvalue weighted by molar-refractivity contribution is 7.99. The molecule has 32 heavy (non-hydrogen) atoms. The number of carbonyl (C=O) groups excluding carboxylic acids is 1. The number of ether oxygens (including phenoxy) is 2. The van der Waals surface area contributed by atoms with E-state index in [9.17, 15) is 4.79 Å². The second-order valence-electron chi connectivity index (χ2n) is 7.54. The lowest BCUT2D eigenvalue weighted by molar-refractivity contribution is -0.128. The summed E-state index contributed by atoms with van der Waals surface area (Å²) >= 11 is 1.41. The van der Waals surface area contributed by atoms with Gasteiger partial charge < -0.3 is 14.4 Å². The first kappa shape index (κ1) is 23.7. The second-order valence-corrected chi connectivity index (χ2v) is 8.48. The summed E-state index contributed by atoms with van der Waals surface area (Å²) in [6.45, 7) is 9.14. The van der Waals surface area contributed by atoms with E-state index in [0.29, 0.717) is 29.7 Å². The lowest BCUT2D eigenvalue weighted by atomic mass is 10.1. The fraction of sp³-hybridized carbons (Fsp3) is 0.375. The first-order valence-corrected chi connectivity index (χ1v) is 11.5. The molecule has 0 spiro atoms. The van der Waals surface area contributed by atoms with Gasteiger partial charge in [-0.15, -0.1) is 10.2 Å². The van der Waals surface area contributed by atoms with Crippen molar-refractivity contribution >= 4 is 17.7 Å². The molecule has 1 amide bonds.